The third-order valence-electron chi connectivity index (χ3n) is 5.61. The van der Waals surface area contributed by atoms with E-state index in [9.17, 15) is 4.79 Å². The van der Waals surface area contributed by atoms with Gasteiger partial charge in [-0.15, -0.1) is 0 Å². The van der Waals surface area contributed by atoms with E-state index in [1.165, 1.54) is 5.69 Å². The van der Waals surface area contributed by atoms with Gasteiger partial charge in [-0.05, 0) is 43.3 Å². The molecule has 2 aliphatic heterocycles. The predicted octanol–water partition coefficient (Wildman–Crippen LogP) is 2.82. The van der Waals surface area contributed by atoms with Gasteiger partial charge < -0.3 is 10.2 Å². The van der Waals surface area contributed by atoms with Crippen LogP contribution in [0.1, 0.15) is 23.7 Å². The molecule has 6 nitrogen and oxygen atoms in total. The fourth-order valence-electron chi connectivity index (χ4n) is 3.84. The van der Waals surface area contributed by atoms with Gasteiger partial charge in [0.05, 0.1) is 5.69 Å². The highest BCUT2D eigenvalue weighted by Gasteiger charge is 2.17. The second kappa shape index (κ2) is 9.09. The molecule has 0 aromatic heterocycles. The molecule has 0 bridgehead atoms. The molecule has 2 aromatic carbocycles. The summed E-state index contributed by atoms with van der Waals surface area (Å²) in [4.78, 5) is 17.3. The molecule has 1 N–H and O–H groups in total. The normalized spacial score (nSPS) is 17.3. The van der Waals surface area contributed by atoms with Crippen LogP contribution in [0.3, 0.4) is 0 Å². The number of para-hydroxylation sites is 1. The van der Waals surface area contributed by atoms with Crippen molar-refractivity contribution in [3.05, 3.63) is 60.2 Å². The number of hydrogen-bond acceptors (Lipinski definition) is 5. The van der Waals surface area contributed by atoms with Gasteiger partial charge in [-0.25, -0.2) is 0 Å². The van der Waals surface area contributed by atoms with Crippen molar-refractivity contribution in [1.29, 1.82) is 0 Å². The number of nitrogens with zero attached hydrogens (tertiary/aromatic N) is 4. The summed E-state index contributed by atoms with van der Waals surface area (Å²) >= 11 is 0. The minimum atomic E-state index is -0.0134. The molecule has 1 saturated heterocycles. The maximum Gasteiger partial charge on any atom is 0.251 e. The number of nitrogens with one attached hydrogen (secondary N) is 1. The Balaban J connectivity index is 1.19. The number of anilines is 2. The molecular formula is C23H29N5O. The lowest BCUT2D eigenvalue weighted by Gasteiger charge is -2.36. The summed E-state index contributed by atoms with van der Waals surface area (Å²) in [7, 11) is 0. The molecule has 0 unspecified atom stereocenters. The minimum Gasteiger partial charge on any atom is -0.369 e. The molecule has 152 valence electrons. The first kappa shape index (κ1) is 19.5. The summed E-state index contributed by atoms with van der Waals surface area (Å²) in [6.07, 6.45) is 1.00. The quantitative estimate of drug-likeness (QED) is 0.823. The molecule has 0 atom stereocenters. The third kappa shape index (κ3) is 4.95. The van der Waals surface area contributed by atoms with Crippen LogP contribution >= 0.6 is 0 Å². The molecule has 2 aliphatic rings. The molecule has 1 amide bonds. The molecule has 1 fully saturated rings. The minimum absolute atomic E-state index is 0.0134. The topological polar surface area (TPSA) is 51.2 Å². The molecule has 6 heteroatoms. The fourth-order valence-corrected chi connectivity index (χ4v) is 3.84. The highest BCUT2D eigenvalue weighted by Crippen LogP contribution is 2.20. The van der Waals surface area contributed by atoms with Gasteiger partial charge >= 0.3 is 0 Å². The summed E-state index contributed by atoms with van der Waals surface area (Å²) in [5, 5.41) is 9.54. The Kier molecular flexibility index (Phi) is 6.10. The van der Waals surface area contributed by atoms with Crippen LogP contribution in [-0.4, -0.2) is 62.3 Å². The zero-order valence-electron chi connectivity index (χ0n) is 17.1. The van der Waals surface area contributed by atoms with E-state index in [2.05, 4.69) is 50.5 Å². The van der Waals surface area contributed by atoms with Gasteiger partial charge in [-0.3, -0.25) is 14.7 Å². The summed E-state index contributed by atoms with van der Waals surface area (Å²) in [5.41, 5.74) is 4.17. The van der Waals surface area contributed by atoms with Gasteiger partial charge in [0.2, 0.25) is 0 Å². The van der Waals surface area contributed by atoms with Crippen LogP contribution in [0.4, 0.5) is 11.4 Å². The lowest BCUT2D eigenvalue weighted by atomic mass is 10.2. The summed E-state index contributed by atoms with van der Waals surface area (Å²) in [6.45, 7) is 8.61. The average Bonchev–Trinajstić information content (AvgIpc) is 3.21. The first-order chi connectivity index (χ1) is 14.2. The van der Waals surface area contributed by atoms with E-state index < -0.39 is 0 Å². The number of rotatable bonds is 6. The first-order valence-corrected chi connectivity index (χ1v) is 10.4. The van der Waals surface area contributed by atoms with Crippen molar-refractivity contribution in [2.75, 3.05) is 55.7 Å². The Morgan fingerprint density at radius 1 is 0.931 bits per heavy atom. The molecule has 29 heavy (non-hydrogen) atoms. The van der Waals surface area contributed by atoms with Gasteiger partial charge in [0.1, 0.15) is 0 Å². The van der Waals surface area contributed by atoms with Crippen molar-refractivity contribution in [2.24, 2.45) is 5.10 Å². The highest BCUT2D eigenvalue weighted by atomic mass is 16.1. The molecule has 0 aliphatic carbocycles. The van der Waals surface area contributed by atoms with Crippen LogP contribution in [0.15, 0.2) is 59.7 Å². The largest absolute Gasteiger partial charge is 0.369 e. The summed E-state index contributed by atoms with van der Waals surface area (Å²) in [5.74, 6) is -0.0134. The second-order valence-corrected chi connectivity index (χ2v) is 7.68. The Morgan fingerprint density at radius 3 is 2.31 bits per heavy atom. The molecule has 0 saturated carbocycles. The van der Waals surface area contributed by atoms with Gasteiger partial charge in [0.25, 0.3) is 5.91 Å². The second-order valence-electron chi connectivity index (χ2n) is 7.68. The van der Waals surface area contributed by atoms with Crippen molar-refractivity contribution in [3.63, 3.8) is 0 Å². The van der Waals surface area contributed by atoms with E-state index in [4.69, 9.17) is 0 Å². The number of carbonyl (C=O) groups is 1. The van der Waals surface area contributed by atoms with Crippen LogP contribution in [0.2, 0.25) is 0 Å². The maximum absolute atomic E-state index is 12.4. The molecule has 2 aromatic rings. The Labute approximate surface area is 172 Å². The number of hydrogen-bond donors (Lipinski definition) is 1. The fraction of sp³-hybridized carbons (Fsp3) is 0.391. The smallest absolute Gasteiger partial charge is 0.251 e. The maximum atomic E-state index is 12.4. The average molecular weight is 392 g/mol. The number of piperazine rings is 1. The molecular weight excluding hydrogens is 362 g/mol. The monoisotopic (exact) mass is 391 g/mol. The van der Waals surface area contributed by atoms with Crippen molar-refractivity contribution < 1.29 is 4.79 Å². The number of amides is 1. The highest BCUT2D eigenvalue weighted by molar-refractivity contribution is 5.94. The predicted molar refractivity (Wildman–Crippen MR) is 119 cm³/mol. The lowest BCUT2D eigenvalue weighted by molar-refractivity contribution is 0.0948. The van der Waals surface area contributed by atoms with Crippen LogP contribution in [0.25, 0.3) is 0 Å². The van der Waals surface area contributed by atoms with Crippen molar-refractivity contribution in [1.82, 2.24) is 10.2 Å². The molecule has 2 heterocycles. The zero-order valence-corrected chi connectivity index (χ0v) is 17.1. The molecule has 0 radical (unpaired) electrons. The van der Waals surface area contributed by atoms with Crippen LogP contribution in [0.5, 0.6) is 0 Å². The van der Waals surface area contributed by atoms with E-state index in [0.717, 1.165) is 57.1 Å². The van der Waals surface area contributed by atoms with Crippen LogP contribution in [-0.2, 0) is 0 Å². The van der Waals surface area contributed by atoms with E-state index in [1.54, 1.807) is 0 Å². The van der Waals surface area contributed by atoms with E-state index in [-0.39, 0.29) is 5.91 Å². The van der Waals surface area contributed by atoms with E-state index >= 15 is 0 Å². The SMILES string of the molecule is CC1=NN(c2ccc(C(=O)NCCN3CCN(c4ccccc4)CC3)cc2)CC1. The van der Waals surface area contributed by atoms with Gasteiger partial charge in [-0.2, -0.15) is 5.10 Å². The summed E-state index contributed by atoms with van der Waals surface area (Å²) in [6, 6.07) is 18.3. The lowest BCUT2D eigenvalue weighted by Crippen LogP contribution is -2.48. The van der Waals surface area contributed by atoms with E-state index in [0.29, 0.717) is 12.1 Å². The Bertz CT molecular complexity index is 841. The van der Waals surface area contributed by atoms with Crippen molar-refractivity contribution in [2.45, 2.75) is 13.3 Å². The van der Waals surface area contributed by atoms with Crippen LogP contribution in [0, 0.1) is 0 Å². The Morgan fingerprint density at radius 2 is 1.66 bits per heavy atom. The van der Waals surface area contributed by atoms with E-state index in [1.807, 2.05) is 36.2 Å². The number of carbonyl (C=O) groups excluding carboxylic acids is 1. The molecule has 0 spiro atoms. The summed E-state index contributed by atoms with van der Waals surface area (Å²) < 4.78 is 0. The van der Waals surface area contributed by atoms with Gasteiger partial charge in [-0.1, -0.05) is 18.2 Å². The van der Waals surface area contributed by atoms with Crippen molar-refractivity contribution >= 4 is 23.0 Å². The third-order valence-corrected chi connectivity index (χ3v) is 5.61. The van der Waals surface area contributed by atoms with Gasteiger partial charge in [0, 0.05) is 69.2 Å². The number of hydrazone groups is 1. The van der Waals surface area contributed by atoms with Gasteiger partial charge in [0.15, 0.2) is 0 Å². The zero-order chi connectivity index (χ0) is 20.1. The first-order valence-electron chi connectivity index (χ1n) is 10.4. The van der Waals surface area contributed by atoms with Crippen LogP contribution < -0.4 is 15.2 Å². The molecule has 4 rings (SSSR count). The van der Waals surface area contributed by atoms with Crippen molar-refractivity contribution in [3.8, 4) is 0 Å². The Hall–Kier alpha value is -2.86. The standard InChI is InChI=1S/C23H29N5O/c1-19-11-13-28(25-19)22-9-7-20(8-10-22)23(29)24-12-14-26-15-17-27(18-16-26)21-5-3-2-4-6-21/h2-10H,11-18H2,1H3,(H,24,29). The number of benzene rings is 2.